The molecule has 2 aromatic rings. The van der Waals surface area contributed by atoms with Gasteiger partial charge in [0.05, 0.1) is 19.8 Å². The zero-order valence-electron chi connectivity index (χ0n) is 18.9. The van der Waals surface area contributed by atoms with Crippen LogP contribution in [0.2, 0.25) is 0 Å². The lowest BCUT2D eigenvalue weighted by atomic mass is 9.86. The smallest absolute Gasteiger partial charge is 0.266 e. The Hall–Kier alpha value is -2.94. The monoisotopic (exact) mass is 453 g/mol. The van der Waals surface area contributed by atoms with Crippen LogP contribution in [0.15, 0.2) is 59.6 Å². The molecule has 2 aromatic carbocycles. The van der Waals surface area contributed by atoms with E-state index in [1.807, 2.05) is 66.5 Å². The van der Waals surface area contributed by atoms with Gasteiger partial charge >= 0.3 is 0 Å². The van der Waals surface area contributed by atoms with Gasteiger partial charge in [-0.2, -0.15) is 0 Å². The molecular formula is C25H31N3O5. The molecule has 0 saturated carbocycles. The van der Waals surface area contributed by atoms with Gasteiger partial charge in [0.15, 0.2) is 5.54 Å². The van der Waals surface area contributed by atoms with Crippen molar-refractivity contribution < 1.29 is 24.1 Å². The summed E-state index contributed by atoms with van der Waals surface area (Å²) in [5, 5.41) is 10.8. The lowest BCUT2D eigenvalue weighted by molar-refractivity contribution is -0.135. The summed E-state index contributed by atoms with van der Waals surface area (Å²) in [6.07, 6.45) is 0.557. The molecule has 4 rings (SSSR count). The second-order valence-electron chi connectivity index (χ2n) is 8.25. The number of rotatable bonds is 9. The number of ether oxygens (including phenoxy) is 3. The first-order valence-corrected chi connectivity index (χ1v) is 11.4. The van der Waals surface area contributed by atoms with Gasteiger partial charge in [0.25, 0.3) is 5.91 Å². The van der Waals surface area contributed by atoms with Crippen molar-refractivity contribution in [2.45, 2.75) is 31.4 Å². The van der Waals surface area contributed by atoms with E-state index in [4.69, 9.17) is 24.3 Å². The lowest BCUT2D eigenvalue weighted by Gasteiger charge is -2.33. The number of carbonyl (C=O) groups excluding carboxylic acids is 1. The third-order valence-electron chi connectivity index (χ3n) is 5.91. The highest BCUT2D eigenvalue weighted by molar-refractivity contribution is 6.00. The summed E-state index contributed by atoms with van der Waals surface area (Å²) in [4.78, 5) is 18.5. The zero-order chi connectivity index (χ0) is 23.1. The van der Waals surface area contributed by atoms with E-state index in [1.54, 1.807) is 0 Å². The fraction of sp³-hybridized carbons (Fsp3) is 0.440. The van der Waals surface area contributed by atoms with Crippen LogP contribution in [0, 0.1) is 0 Å². The van der Waals surface area contributed by atoms with Crippen LogP contribution in [-0.2, 0) is 20.7 Å². The Bertz CT molecular complexity index is 944. The zero-order valence-corrected chi connectivity index (χ0v) is 18.9. The summed E-state index contributed by atoms with van der Waals surface area (Å²) >= 11 is 0. The normalized spacial score (nSPS) is 23.0. The third kappa shape index (κ3) is 5.52. The molecule has 176 valence electrons. The molecule has 2 heterocycles. The Morgan fingerprint density at radius 3 is 2.61 bits per heavy atom. The topological polar surface area (TPSA) is 92.6 Å². The van der Waals surface area contributed by atoms with E-state index in [9.17, 15) is 4.79 Å². The Morgan fingerprint density at radius 2 is 1.91 bits per heavy atom. The van der Waals surface area contributed by atoms with Gasteiger partial charge in [-0.25, -0.2) is 10.0 Å². The molecule has 1 fully saturated rings. The van der Waals surface area contributed by atoms with E-state index in [0.29, 0.717) is 57.4 Å². The number of aliphatic hydroxyl groups is 1. The molecule has 2 aliphatic rings. The van der Waals surface area contributed by atoms with Crippen molar-refractivity contribution >= 4 is 11.8 Å². The van der Waals surface area contributed by atoms with Gasteiger partial charge in [0, 0.05) is 38.1 Å². The van der Waals surface area contributed by atoms with Crippen molar-refractivity contribution in [1.82, 2.24) is 10.4 Å². The van der Waals surface area contributed by atoms with Crippen molar-refractivity contribution in [1.29, 1.82) is 0 Å². The summed E-state index contributed by atoms with van der Waals surface area (Å²) in [6, 6.07) is 17.3. The van der Waals surface area contributed by atoms with Gasteiger partial charge in [-0.05, 0) is 36.8 Å². The molecule has 1 saturated heterocycles. The van der Waals surface area contributed by atoms with Crippen molar-refractivity contribution in [2.24, 2.45) is 4.99 Å². The maximum Gasteiger partial charge on any atom is 0.266 e. The van der Waals surface area contributed by atoms with Gasteiger partial charge in [-0.1, -0.05) is 30.3 Å². The molecule has 0 bridgehead atoms. The largest absolute Gasteiger partial charge is 0.494 e. The maximum atomic E-state index is 13.6. The first-order chi connectivity index (χ1) is 16.1. The molecule has 33 heavy (non-hydrogen) atoms. The van der Waals surface area contributed by atoms with Crippen LogP contribution in [-0.4, -0.2) is 73.1 Å². The average Bonchev–Trinajstić information content (AvgIpc) is 3.18. The number of hydrogen-bond donors (Lipinski definition) is 2. The molecule has 0 spiro atoms. The number of nitrogens with one attached hydrogen (secondary N) is 1. The van der Waals surface area contributed by atoms with Crippen LogP contribution in [0.4, 0.5) is 0 Å². The van der Waals surface area contributed by atoms with E-state index in [2.05, 4.69) is 5.43 Å². The van der Waals surface area contributed by atoms with Gasteiger partial charge in [0.1, 0.15) is 11.9 Å². The molecule has 2 atom stereocenters. The number of carbonyl (C=O) groups is 1. The van der Waals surface area contributed by atoms with Gasteiger partial charge in [0.2, 0.25) is 5.90 Å². The van der Waals surface area contributed by atoms with Crippen LogP contribution in [0.1, 0.15) is 24.5 Å². The molecule has 0 aliphatic carbocycles. The summed E-state index contributed by atoms with van der Waals surface area (Å²) < 4.78 is 17.2. The number of aliphatic hydroxyl groups excluding tert-OH is 1. The molecule has 1 amide bonds. The molecule has 0 aromatic heterocycles. The number of benzene rings is 2. The molecule has 0 radical (unpaired) electrons. The summed E-state index contributed by atoms with van der Waals surface area (Å²) in [5.74, 6) is 0.969. The number of hydrazine groups is 1. The summed E-state index contributed by atoms with van der Waals surface area (Å²) in [6.45, 7) is 4.87. The minimum Gasteiger partial charge on any atom is -0.494 e. The first-order valence-electron chi connectivity index (χ1n) is 11.4. The fourth-order valence-corrected chi connectivity index (χ4v) is 3.97. The second kappa shape index (κ2) is 10.8. The minimum absolute atomic E-state index is 0.0939. The van der Waals surface area contributed by atoms with Crippen LogP contribution >= 0.6 is 0 Å². The quantitative estimate of drug-likeness (QED) is 0.564. The number of aliphatic imine (C=N–C) groups is 1. The third-order valence-corrected chi connectivity index (χ3v) is 5.91. The number of morpholine rings is 1. The van der Waals surface area contributed by atoms with Crippen molar-refractivity contribution in [3.63, 3.8) is 0 Å². The van der Waals surface area contributed by atoms with E-state index in [-0.39, 0.29) is 12.5 Å². The van der Waals surface area contributed by atoms with Crippen LogP contribution < -0.4 is 10.2 Å². The van der Waals surface area contributed by atoms with Gasteiger partial charge in [-0.3, -0.25) is 10.2 Å². The first kappa shape index (κ1) is 23.2. The Morgan fingerprint density at radius 1 is 1.18 bits per heavy atom. The maximum absolute atomic E-state index is 13.6. The van der Waals surface area contributed by atoms with E-state index in [0.717, 1.165) is 11.1 Å². The van der Waals surface area contributed by atoms with Crippen LogP contribution in [0.25, 0.3) is 0 Å². The SMILES string of the molecule is C[C@@H]1OC(c2ccc(OCCCO)cc2)=N[C@]1(Cc1ccccc1)C(=O)NN1CCOCC1. The van der Waals surface area contributed by atoms with Gasteiger partial charge < -0.3 is 19.3 Å². The highest BCUT2D eigenvalue weighted by atomic mass is 16.5. The molecule has 8 nitrogen and oxygen atoms in total. The van der Waals surface area contributed by atoms with Crippen LogP contribution in [0.5, 0.6) is 5.75 Å². The summed E-state index contributed by atoms with van der Waals surface area (Å²) in [5.41, 5.74) is 3.76. The molecule has 0 unspecified atom stereocenters. The van der Waals surface area contributed by atoms with Crippen molar-refractivity contribution in [2.75, 3.05) is 39.5 Å². The lowest BCUT2D eigenvalue weighted by Crippen LogP contribution is -2.58. The number of hydrogen-bond acceptors (Lipinski definition) is 7. The van der Waals surface area contributed by atoms with Gasteiger partial charge in [-0.15, -0.1) is 0 Å². The molecule has 2 N–H and O–H groups in total. The van der Waals surface area contributed by atoms with Crippen LogP contribution in [0.3, 0.4) is 0 Å². The number of nitrogens with zero attached hydrogens (tertiary/aromatic N) is 2. The summed E-state index contributed by atoms with van der Waals surface area (Å²) in [7, 11) is 0. The van der Waals surface area contributed by atoms with Crippen molar-refractivity contribution in [3.05, 3.63) is 65.7 Å². The number of amides is 1. The second-order valence-corrected chi connectivity index (χ2v) is 8.25. The fourth-order valence-electron chi connectivity index (χ4n) is 3.97. The molecular weight excluding hydrogens is 422 g/mol. The van der Waals surface area contributed by atoms with Crippen molar-refractivity contribution in [3.8, 4) is 5.75 Å². The predicted molar refractivity (Wildman–Crippen MR) is 124 cm³/mol. The Kier molecular flexibility index (Phi) is 7.59. The predicted octanol–water partition coefficient (Wildman–Crippen LogP) is 1.96. The highest BCUT2D eigenvalue weighted by Crippen LogP contribution is 2.33. The molecule has 8 heteroatoms. The Labute approximate surface area is 194 Å². The minimum atomic E-state index is -1.09. The highest BCUT2D eigenvalue weighted by Gasteiger charge is 2.50. The van der Waals surface area contributed by atoms with E-state index in [1.165, 1.54) is 0 Å². The van der Waals surface area contributed by atoms with E-state index >= 15 is 0 Å². The standard InChI is InChI=1S/C25H31N3O5/c1-19-25(18-20-6-3-2-4-7-20,24(30)27-28-12-16-31-17-13-28)26-23(33-19)21-8-10-22(11-9-21)32-15-5-14-29/h2-4,6-11,19,29H,5,12-18H2,1H3,(H,27,30)/t19-,25-/m0/s1. The average molecular weight is 454 g/mol. The van der Waals surface area contributed by atoms with E-state index < -0.39 is 11.6 Å². The Balaban J connectivity index is 1.58. The molecule has 2 aliphatic heterocycles.